The molecule has 0 aromatic heterocycles. The zero-order valence-corrected chi connectivity index (χ0v) is 23.2. The molecule has 0 bridgehead atoms. The summed E-state index contributed by atoms with van der Waals surface area (Å²) in [6.45, 7) is 0.926. The van der Waals surface area contributed by atoms with Gasteiger partial charge in [0.2, 0.25) is 23.6 Å². The Balaban J connectivity index is 2.10. The summed E-state index contributed by atoms with van der Waals surface area (Å²) in [7, 11) is 0. The molecule has 14 N–H and O–H groups in total. The van der Waals surface area contributed by atoms with Crippen LogP contribution in [0.3, 0.4) is 0 Å². The van der Waals surface area contributed by atoms with Gasteiger partial charge in [0.1, 0.15) is 18.1 Å². The van der Waals surface area contributed by atoms with E-state index in [4.69, 9.17) is 34.4 Å². The lowest BCUT2D eigenvalue weighted by Gasteiger charge is -2.28. The lowest BCUT2D eigenvalue weighted by molar-refractivity contribution is -0.140. The van der Waals surface area contributed by atoms with Gasteiger partial charge in [-0.3, -0.25) is 29.2 Å². The quantitative estimate of drug-likeness (QED) is 0.0571. The molecule has 15 heteroatoms. The summed E-state index contributed by atoms with van der Waals surface area (Å²) in [5.41, 5.74) is 33.9. The highest BCUT2D eigenvalue weighted by Gasteiger charge is 2.37. The molecule has 0 radical (unpaired) electrons. The van der Waals surface area contributed by atoms with E-state index in [9.17, 15) is 19.2 Å². The minimum atomic E-state index is -1.03. The molecule has 1 aliphatic heterocycles. The van der Waals surface area contributed by atoms with Crippen molar-refractivity contribution in [3.63, 3.8) is 0 Å². The predicted octanol–water partition coefficient (Wildman–Crippen LogP) is -2.89. The maximum absolute atomic E-state index is 13.4. The van der Waals surface area contributed by atoms with Gasteiger partial charge in [0, 0.05) is 26.1 Å². The number of nitrogens with two attached hydrogens (primary N) is 6. The average molecular weight is 574 g/mol. The lowest BCUT2D eigenvalue weighted by Crippen LogP contribution is -2.57. The fourth-order valence-electron chi connectivity index (χ4n) is 4.54. The normalized spacial score (nSPS) is 16.6. The molecular weight excluding hydrogens is 530 g/mol. The Hall–Kier alpha value is -4.40. The topological polar surface area (TPSA) is 276 Å². The molecule has 1 aliphatic rings. The van der Waals surface area contributed by atoms with Crippen LogP contribution in [0.5, 0.6) is 0 Å². The Morgan fingerprint density at radius 1 is 0.878 bits per heavy atom. The second-order valence-electron chi connectivity index (χ2n) is 9.91. The highest BCUT2D eigenvalue weighted by molar-refractivity contribution is 5.95. The summed E-state index contributed by atoms with van der Waals surface area (Å²) in [6, 6.07) is 5.44. The van der Waals surface area contributed by atoms with Crippen LogP contribution < -0.4 is 45.0 Å². The van der Waals surface area contributed by atoms with E-state index in [1.165, 1.54) is 4.90 Å². The van der Waals surface area contributed by atoms with E-state index in [2.05, 4.69) is 20.6 Å². The Morgan fingerprint density at radius 2 is 1.49 bits per heavy atom. The first kappa shape index (κ1) is 32.8. The third-order valence-electron chi connectivity index (χ3n) is 6.64. The second kappa shape index (κ2) is 16.6. The number of carbonyl (C=O) groups is 4. The molecule has 1 aromatic rings. The van der Waals surface area contributed by atoms with Crippen LogP contribution >= 0.6 is 0 Å². The van der Waals surface area contributed by atoms with Crippen LogP contribution in [0.15, 0.2) is 40.3 Å². The number of aliphatic imine (C=N–C) groups is 2. The van der Waals surface area contributed by atoms with Gasteiger partial charge >= 0.3 is 0 Å². The van der Waals surface area contributed by atoms with Crippen molar-refractivity contribution in [2.24, 2.45) is 44.4 Å². The van der Waals surface area contributed by atoms with E-state index >= 15 is 0 Å². The van der Waals surface area contributed by atoms with Crippen molar-refractivity contribution < 1.29 is 19.2 Å². The predicted molar refractivity (Wildman–Crippen MR) is 156 cm³/mol. The zero-order chi connectivity index (χ0) is 30.4. The summed E-state index contributed by atoms with van der Waals surface area (Å²) in [6.07, 6.45) is 2.58. The van der Waals surface area contributed by atoms with E-state index in [0.29, 0.717) is 45.2 Å². The molecule has 41 heavy (non-hydrogen) atoms. The van der Waals surface area contributed by atoms with Crippen LogP contribution in [-0.2, 0) is 25.6 Å². The number of nitrogens with one attached hydrogen (secondary N) is 2. The van der Waals surface area contributed by atoms with Gasteiger partial charge in [0.05, 0.1) is 6.04 Å². The number of guanidine groups is 2. The summed E-state index contributed by atoms with van der Waals surface area (Å²) in [5.74, 6) is -2.30. The van der Waals surface area contributed by atoms with Crippen LogP contribution in [-0.4, -0.2) is 84.2 Å². The van der Waals surface area contributed by atoms with Gasteiger partial charge in [-0.2, -0.15) is 0 Å². The molecule has 1 fully saturated rings. The van der Waals surface area contributed by atoms with Gasteiger partial charge in [-0.25, -0.2) is 0 Å². The average Bonchev–Trinajstić information content (AvgIpc) is 3.42. The number of hydrogen-bond acceptors (Lipinski definition) is 7. The third kappa shape index (κ3) is 11.3. The number of carbonyl (C=O) groups excluding carboxylic acids is 4. The van der Waals surface area contributed by atoms with Gasteiger partial charge in [0.25, 0.3) is 0 Å². The Labute approximate surface area is 239 Å². The molecule has 1 heterocycles. The maximum atomic E-state index is 13.4. The molecule has 226 valence electrons. The molecule has 1 aromatic carbocycles. The van der Waals surface area contributed by atoms with Crippen molar-refractivity contribution in [3.05, 3.63) is 35.9 Å². The molecule has 4 amide bonds. The zero-order valence-electron chi connectivity index (χ0n) is 23.2. The minimum absolute atomic E-state index is 0.0414. The van der Waals surface area contributed by atoms with Crippen LogP contribution in [0.2, 0.25) is 0 Å². The number of amides is 4. The van der Waals surface area contributed by atoms with Crippen molar-refractivity contribution >= 4 is 35.5 Å². The fourth-order valence-corrected chi connectivity index (χ4v) is 4.54. The number of benzene rings is 1. The number of likely N-dealkylation sites (tertiary alicyclic amines) is 1. The molecule has 0 unspecified atom stereocenters. The number of nitrogens with zero attached hydrogens (tertiary/aromatic N) is 3. The van der Waals surface area contributed by atoms with Gasteiger partial charge in [-0.15, -0.1) is 0 Å². The number of primary amides is 1. The Morgan fingerprint density at radius 3 is 2.07 bits per heavy atom. The van der Waals surface area contributed by atoms with Crippen LogP contribution in [0.25, 0.3) is 0 Å². The Bertz CT molecular complexity index is 1090. The van der Waals surface area contributed by atoms with Gasteiger partial charge in [0.15, 0.2) is 11.9 Å². The van der Waals surface area contributed by atoms with E-state index in [0.717, 1.165) is 5.56 Å². The first-order chi connectivity index (χ1) is 19.5. The number of hydrogen-bond donors (Lipinski definition) is 8. The molecule has 0 aliphatic carbocycles. The van der Waals surface area contributed by atoms with Gasteiger partial charge in [-0.05, 0) is 44.1 Å². The first-order valence-corrected chi connectivity index (χ1v) is 13.6. The molecular formula is C26H43N11O4. The van der Waals surface area contributed by atoms with Crippen molar-refractivity contribution in [1.82, 2.24) is 15.5 Å². The molecule has 1 saturated heterocycles. The van der Waals surface area contributed by atoms with Crippen molar-refractivity contribution in [2.45, 2.75) is 69.1 Å². The van der Waals surface area contributed by atoms with E-state index in [1.807, 2.05) is 30.3 Å². The summed E-state index contributed by atoms with van der Waals surface area (Å²) in [4.78, 5) is 61.1. The van der Waals surface area contributed by atoms with Crippen LogP contribution in [0.4, 0.5) is 0 Å². The maximum Gasteiger partial charge on any atom is 0.243 e. The molecule has 0 saturated carbocycles. The Kier molecular flexibility index (Phi) is 13.3. The molecule has 0 spiro atoms. The van der Waals surface area contributed by atoms with Crippen molar-refractivity contribution in [2.75, 3.05) is 19.6 Å². The molecule has 2 rings (SSSR count). The van der Waals surface area contributed by atoms with Crippen molar-refractivity contribution in [3.8, 4) is 0 Å². The number of rotatable bonds is 16. The smallest absolute Gasteiger partial charge is 0.243 e. The van der Waals surface area contributed by atoms with Crippen molar-refractivity contribution in [1.29, 1.82) is 0 Å². The summed E-state index contributed by atoms with van der Waals surface area (Å²) < 4.78 is 0. The fraction of sp³-hybridized carbons (Fsp3) is 0.538. The highest BCUT2D eigenvalue weighted by Crippen LogP contribution is 2.20. The van der Waals surface area contributed by atoms with Crippen LogP contribution in [0, 0.1) is 0 Å². The lowest BCUT2D eigenvalue weighted by atomic mass is 10.0. The van der Waals surface area contributed by atoms with Gasteiger partial charge < -0.3 is 49.9 Å². The minimum Gasteiger partial charge on any atom is -0.370 e. The SMILES string of the molecule is NC(=O)[C@H](Cc1ccccc1)NC(=O)[C@H](CCCN=C(N)N)NC(=O)[C@@H]1CCCN1C(=O)[C@@H](N)CCCN=C(N)N. The molecule has 4 atom stereocenters. The highest BCUT2D eigenvalue weighted by atomic mass is 16.2. The van der Waals surface area contributed by atoms with E-state index in [-0.39, 0.29) is 37.2 Å². The second-order valence-corrected chi connectivity index (χ2v) is 9.91. The summed E-state index contributed by atoms with van der Waals surface area (Å²) >= 11 is 0. The third-order valence-corrected chi connectivity index (χ3v) is 6.64. The monoisotopic (exact) mass is 573 g/mol. The summed E-state index contributed by atoms with van der Waals surface area (Å²) in [5, 5.41) is 5.41. The van der Waals surface area contributed by atoms with Crippen LogP contribution in [0.1, 0.15) is 44.1 Å². The van der Waals surface area contributed by atoms with Gasteiger partial charge in [-0.1, -0.05) is 30.3 Å². The van der Waals surface area contributed by atoms with E-state index < -0.39 is 41.9 Å². The van der Waals surface area contributed by atoms with E-state index in [1.54, 1.807) is 0 Å². The standard InChI is InChI=1S/C26H43N11O4/c27-17(9-4-12-33-25(29)30)24(41)37-14-6-11-20(37)23(40)35-18(10-5-13-34-26(31)32)22(39)36-19(21(28)38)15-16-7-2-1-3-8-16/h1-3,7-8,17-20H,4-6,9-15,27H2,(H2,28,38)(H,35,40)(H,36,39)(H4,29,30,33)(H4,31,32,34)/t17-,18-,19-,20-/m0/s1. The molecule has 15 nitrogen and oxygen atoms in total. The first-order valence-electron chi connectivity index (χ1n) is 13.6. The largest absolute Gasteiger partial charge is 0.370 e.